The van der Waals surface area contributed by atoms with E-state index in [1.807, 2.05) is 79.7 Å². The van der Waals surface area contributed by atoms with Crippen molar-refractivity contribution in [3.8, 4) is 22.8 Å². The van der Waals surface area contributed by atoms with Crippen LogP contribution in [0.25, 0.3) is 33.2 Å². The maximum absolute atomic E-state index is 6.23. The van der Waals surface area contributed by atoms with Crippen molar-refractivity contribution in [1.29, 1.82) is 0 Å². The van der Waals surface area contributed by atoms with Crippen LogP contribution in [0.15, 0.2) is 88.4 Å². The molecule has 3 aromatic carbocycles. The Hall–Kier alpha value is -4.32. The molecule has 6 nitrogen and oxygen atoms in total. The van der Waals surface area contributed by atoms with Crippen molar-refractivity contribution in [2.24, 2.45) is 5.10 Å². The molecular weight excluding hydrogens is 414 g/mol. The highest BCUT2D eigenvalue weighted by molar-refractivity contribution is 5.81. The molecule has 2 heterocycles. The van der Waals surface area contributed by atoms with Gasteiger partial charge in [-0.3, -0.25) is 5.43 Å². The second kappa shape index (κ2) is 8.67. The molecule has 2 aromatic heterocycles. The molecule has 0 aliphatic rings. The quantitative estimate of drug-likeness (QED) is 0.347. The van der Waals surface area contributed by atoms with E-state index in [1.165, 1.54) is 0 Å². The molecule has 6 heteroatoms. The Labute approximate surface area is 191 Å². The summed E-state index contributed by atoms with van der Waals surface area (Å²) < 4.78 is 17.0. The van der Waals surface area contributed by atoms with Gasteiger partial charge in [0.25, 0.3) is 0 Å². The molecule has 164 valence electrons. The van der Waals surface area contributed by atoms with Crippen LogP contribution in [-0.4, -0.2) is 19.2 Å². The zero-order chi connectivity index (χ0) is 22.8. The average Bonchev–Trinajstić information content (AvgIpc) is 2.86. The van der Waals surface area contributed by atoms with E-state index in [-0.39, 0.29) is 0 Å². The molecular formula is C27H23N3O3. The Bertz CT molecular complexity index is 1540. The van der Waals surface area contributed by atoms with Crippen molar-refractivity contribution in [2.45, 2.75) is 6.92 Å². The summed E-state index contributed by atoms with van der Waals surface area (Å²) in [6.45, 7) is 2.05. The number of nitrogens with zero attached hydrogens (tertiary/aromatic N) is 2. The first-order chi connectivity index (χ1) is 16.1. The number of methoxy groups -OCH3 is 2. The summed E-state index contributed by atoms with van der Waals surface area (Å²) in [6.07, 6.45) is 0. The van der Waals surface area contributed by atoms with Gasteiger partial charge in [0.1, 0.15) is 17.2 Å². The number of fused-ring (bicyclic) bond motifs is 2. The van der Waals surface area contributed by atoms with Crippen LogP contribution in [-0.2, 0) is 0 Å². The van der Waals surface area contributed by atoms with Gasteiger partial charge in [-0.2, -0.15) is 5.10 Å². The SMILES string of the molecule is COc1ccc(-c2cc(=NNc3ccc4ccccc4n3)c3cc(C)ccc3o2)cc1OC. The summed E-state index contributed by atoms with van der Waals surface area (Å²) in [6, 6.07) is 25.6. The van der Waals surface area contributed by atoms with Gasteiger partial charge in [0, 0.05) is 22.4 Å². The van der Waals surface area contributed by atoms with Crippen molar-refractivity contribution in [2.75, 3.05) is 19.6 Å². The van der Waals surface area contributed by atoms with E-state index in [0.29, 0.717) is 23.1 Å². The molecule has 0 saturated carbocycles. The molecule has 0 radical (unpaired) electrons. The third-order valence-corrected chi connectivity index (χ3v) is 5.46. The van der Waals surface area contributed by atoms with Gasteiger partial charge in [-0.25, -0.2) is 4.98 Å². The van der Waals surface area contributed by atoms with Crippen LogP contribution < -0.4 is 20.3 Å². The summed E-state index contributed by atoms with van der Waals surface area (Å²) in [7, 11) is 3.23. The Morgan fingerprint density at radius 3 is 2.55 bits per heavy atom. The number of anilines is 1. The molecule has 0 fully saturated rings. The molecule has 0 atom stereocenters. The Balaban J connectivity index is 1.63. The van der Waals surface area contributed by atoms with Crippen LogP contribution in [0.4, 0.5) is 5.82 Å². The second-order valence-electron chi connectivity index (χ2n) is 7.68. The molecule has 5 rings (SSSR count). The van der Waals surface area contributed by atoms with E-state index in [2.05, 4.69) is 21.6 Å². The minimum atomic E-state index is 0.631. The lowest BCUT2D eigenvalue weighted by Crippen LogP contribution is -2.08. The normalized spacial score (nSPS) is 11.7. The second-order valence-corrected chi connectivity index (χ2v) is 7.68. The van der Waals surface area contributed by atoms with Gasteiger partial charge in [0.05, 0.1) is 25.1 Å². The van der Waals surface area contributed by atoms with Crippen molar-refractivity contribution < 1.29 is 13.9 Å². The van der Waals surface area contributed by atoms with Crippen LogP contribution in [0.3, 0.4) is 0 Å². The Morgan fingerprint density at radius 2 is 1.70 bits per heavy atom. The summed E-state index contributed by atoms with van der Waals surface area (Å²) >= 11 is 0. The number of para-hydroxylation sites is 1. The van der Waals surface area contributed by atoms with E-state index >= 15 is 0 Å². The largest absolute Gasteiger partial charge is 0.493 e. The van der Waals surface area contributed by atoms with Crippen LogP contribution in [0, 0.1) is 6.92 Å². The van der Waals surface area contributed by atoms with Gasteiger partial charge < -0.3 is 13.9 Å². The maximum atomic E-state index is 6.23. The molecule has 33 heavy (non-hydrogen) atoms. The molecule has 1 N–H and O–H groups in total. The van der Waals surface area contributed by atoms with Gasteiger partial charge in [0.15, 0.2) is 11.5 Å². The van der Waals surface area contributed by atoms with Gasteiger partial charge in [-0.1, -0.05) is 29.8 Å². The van der Waals surface area contributed by atoms with Crippen LogP contribution in [0.1, 0.15) is 5.56 Å². The highest BCUT2D eigenvalue weighted by Gasteiger charge is 2.11. The van der Waals surface area contributed by atoms with Crippen molar-refractivity contribution in [3.05, 3.63) is 89.8 Å². The maximum Gasteiger partial charge on any atom is 0.161 e. The van der Waals surface area contributed by atoms with Gasteiger partial charge in [-0.15, -0.1) is 0 Å². The van der Waals surface area contributed by atoms with E-state index in [9.17, 15) is 0 Å². The average molecular weight is 437 g/mol. The smallest absolute Gasteiger partial charge is 0.161 e. The molecule has 0 aliphatic heterocycles. The fraction of sp³-hybridized carbons (Fsp3) is 0.111. The summed E-state index contributed by atoms with van der Waals surface area (Å²) in [5.74, 6) is 2.63. The lowest BCUT2D eigenvalue weighted by atomic mass is 10.1. The highest BCUT2D eigenvalue weighted by atomic mass is 16.5. The van der Waals surface area contributed by atoms with Crippen molar-refractivity contribution in [3.63, 3.8) is 0 Å². The molecule has 0 spiro atoms. The summed E-state index contributed by atoms with van der Waals surface area (Å²) in [5, 5.41) is 7.43. The van der Waals surface area contributed by atoms with E-state index in [4.69, 9.17) is 13.9 Å². The first-order valence-electron chi connectivity index (χ1n) is 10.6. The highest BCUT2D eigenvalue weighted by Crippen LogP contribution is 2.32. The number of hydrogen-bond acceptors (Lipinski definition) is 6. The third-order valence-electron chi connectivity index (χ3n) is 5.46. The van der Waals surface area contributed by atoms with E-state index in [0.717, 1.165) is 38.4 Å². The van der Waals surface area contributed by atoms with E-state index < -0.39 is 0 Å². The number of nitrogens with one attached hydrogen (secondary N) is 1. The summed E-state index contributed by atoms with van der Waals surface area (Å²) in [5.41, 5.74) is 6.74. The first kappa shape index (κ1) is 20.6. The van der Waals surface area contributed by atoms with Crippen molar-refractivity contribution >= 4 is 27.7 Å². The fourth-order valence-corrected chi connectivity index (χ4v) is 3.75. The minimum absolute atomic E-state index is 0.631. The van der Waals surface area contributed by atoms with Crippen LogP contribution in [0.2, 0.25) is 0 Å². The number of pyridine rings is 1. The molecule has 0 saturated heterocycles. The Kier molecular flexibility index (Phi) is 5.40. The molecule has 0 amide bonds. The minimum Gasteiger partial charge on any atom is -0.493 e. The number of ether oxygens (including phenoxy) is 2. The summed E-state index contributed by atoms with van der Waals surface area (Å²) in [4.78, 5) is 4.65. The van der Waals surface area contributed by atoms with Gasteiger partial charge in [0.2, 0.25) is 0 Å². The molecule has 0 aliphatic carbocycles. The number of hydrogen-bond donors (Lipinski definition) is 1. The van der Waals surface area contributed by atoms with Crippen LogP contribution in [0.5, 0.6) is 11.5 Å². The molecule has 0 bridgehead atoms. The van der Waals surface area contributed by atoms with Crippen molar-refractivity contribution in [1.82, 2.24) is 4.98 Å². The predicted molar refractivity (Wildman–Crippen MR) is 130 cm³/mol. The predicted octanol–water partition coefficient (Wildman–Crippen LogP) is 5.90. The number of rotatable bonds is 5. The lowest BCUT2D eigenvalue weighted by molar-refractivity contribution is 0.355. The monoisotopic (exact) mass is 437 g/mol. The number of aryl methyl sites for hydroxylation is 1. The fourth-order valence-electron chi connectivity index (χ4n) is 3.75. The van der Waals surface area contributed by atoms with Crippen LogP contribution >= 0.6 is 0 Å². The number of benzene rings is 3. The topological polar surface area (TPSA) is 68.9 Å². The van der Waals surface area contributed by atoms with Gasteiger partial charge >= 0.3 is 0 Å². The first-order valence-corrected chi connectivity index (χ1v) is 10.6. The Morgan fingerprint density at radius 1 is 0.848 bits per heavy atom. The molecule has 0 unspecified atom stereocenters. The zero-order valence-electron chi connectivity index (χ0n) is 18.6. The zero-order valence-corrected chi connectivity index (χ0v) is 18.6. The number of aromatic nitrogens is 1. The lowest BCUT2D eigenvalue weighted by Gasteiger charge is -2.10. The van der Waals surface area contributed by atoms with E-state index in [1.54, 1.807) is 14.2 Å². The standard InChI is InChI=1S/C27H23N3O3/c1-17-8-11-23-20(14-17)22(29-30-27-13-10-18-6-4-5-7-21(18)28-27)16-25(33-23)19-9-12-24(31-2)26(15-19)32-3/h4-16H,1-3H3,(H,28,30). The van der Waals surface area contributed by atoms with Gasteiger partial charge in [-0.05, 0) is 55.5 Å². The third kappa shape index (κ3) is 4.11. The molecule has 5 aromatic rings.